The molecule has 0 fully saturated rings. The number of rotatable bonds is 4. The fourth-order valence-electron chi connectivity index (χ4n) is 4.29. The maximum absolute atomic E-state index is 12.8. The van der Waals surface area contributed by atoms with E-state index in [1.807, 2.05) is 30.5 Å². The van der Waals surface area contributed by atoms with E-state index in [1.54, 1.807) is 18.3 Å². The SMILES string of the molecule is C[C@@H]1CCc2c(sc3nc([C@H](C)OC(=O)Cc4c[nH]c5ccccc45)[nH]c(=O)c23)C1. The van der Waals surface area contributed by atoms with E-state index < -0.39 is 6.10 Å². The van der Waals surface area contributed by atoms with Gasteiger partial charge in [0.05, 0.1) is 11.8 Å². The van der Waals surface area contributed by atoms with Gasteiger partial charge in [-0.2, -0.15) is 0 Å². The molecular formula is C23H23N3O3S. The summed E-state index contributed by atoms with van der Waals surface area (Å²) in [6, 6.07) is 7.84. The second-order valence-electron chi connectivity index (χ2n) is 8.15. The molecule has 0 amide bonds. The Morgan fingerprint density at radius 1 is 1.37 bits per heavy atom. The smallest absolute Gasteiger partial charge is 0.311 e. The number of nitrogens with one attached hydrogen (secondary N) is 2. The number of aromatic amines is 2. The van der Waals surface area contributed by atoms with Crippen molar-refractivity contribution in [3.05, 3.63) is 62.6 Å². The lowest BCUT2D eigenvalue weighted by Crippen LogP contribution is -2.18. The van der Waals surface area contributed by atoms with E-state index in [-0.39, 0.29) is 17.9 Å². The summed E-state index contributed by atoms with van der Waals surface area (Å²) in [5, 5.41) is 1.72. The number of esters is 1. The second kappa shape index (κ2) is 7.40. The number of para-hydroxylation sites is 1. The number of benzene rings is 1. The van der Waals surface area contributed by atoms with Crippen molar-refractivity contribution in [3.63, 3.8) is 0 Å². The Balaban J connectivity index is 1.37. The van der Waals surface area contributed by atoms with E-state index in [2.05, 4.69) is 21.9 Å². The van der Waals surface area contributed by atoms with Gasteiger partial charge in [-0.25, -0.2) is 4.98 Å². The third-order valence-corrected chi connectivity index (χ3v) is 7.03. The highest BCUT2D eigenvalue weighted by Crippen LogP contribution is 2.36. The maximum atomic E-state index is 12.8. The fraction of sp³-hybridized carbons (Fsp3) is 0.348. The lowest BCUT2D eigenvalue weighted by Gasteiger charge is -2.17. The standard InChI is InChI=1S/C23H23N3O3S/c1-12-7-8-16-18(9-12)30-23-20(16)22(28)25-21(26-23)13(2)29-19(27)10-14-11-24-17-6-4-3-5-15(14)17/h3-6,11-13,24H,7-10H2,1-2H3,(H,25,26,28)/t12-,13+/m1/s1. The van der Waals surface area contributed by atoms with Crippen molar-refractivity contribution >= 4 is 38.4 Å². The predicted molar refractivity (Wildman–Crippen MR) is 118 cm³/mol. The van der Waals surface area contributed by atoms with Crippen molar-refractivity contribution in [1.82, 2.24) is 15.0 Å². The Morgan fingerprint density at radius 2 is 2.20 bits per heavy atom. The lowest BCUT2D eigenvalue weighted by atomic mass is 9.89. The minimum absolute atomic E-state index is 0.137. The highest BCUT2D eigenvalue weighted by Gasteiger charge is 2.24. The first-order valence-corrected chi connectivity index (χ1v) is 11.1. The van der Waals surface area contributed by atoms with E-state index in [1.165, 1.54) is 4.88 Å². The zero-order chi connectivity index (χ0) is 20.8. The number of thiophene rings is 1. The van der Waals surface area contributed by atoms with Crippen LogP contribution in [0.5, 0.6) is 0 Å². The number of carbonyl (C=O) groups excluding carboxylic acids is 1. The summed E-state index contributed by atoms with van der Waals surface area (Å²) in [6.45, 7) is 3.98. The molecule has 0 spiro atoms. The van der Waals surface area contributed by atoms with Crippen molar-refractivity contribution in [1.29, 1.82) is 0 Å². The first-order chi connectivity index (χ1) is 14.5. The predicted octanol–water partition coefficient (Wildman–Crippen LogP) is 4.44. The minimum atomic E-state index is -0.627. The number of hydrogen-bond acceptors (Lipinski definition) is 5. The van der Waals surface area contributed by atoms with Crippen molar-refractivity contribution in [3.8, 4) is 0 Å². The van der Waals surface area contributed by atoms with Gasteiger partial charge in [0, 0.05) is 22.0 Å². The van der Waals surface area contributed by atoms with E-state index in [0.717, 1.165) is 46.1 Å². The summed E-state index contributed by atoms with van der Waals surface area (Å²) in [6.07, 6.45) is 4.39. The zero-order valence-corrected chi connectivity index (χ0v) is 17.8. The van der Waals surface area contributed by atoms with Crippen LogP contribution in [0.3, 0.4) is 0 Å². The molecule has 3 heterocycles. The van der Waals surface area contributed by atoms with E-state index in [4.69, 9.17) is 4.74 Å². The van der Waals surface area contributed by atoms with Gasteiger partial charge in [0.25, 0.3) is 5.56 Å². The van der Waals surface area contributed by atoms with Gasteiger partial charge in [-0.15, -0.1) is 11.3 Å². The monoisotopic (exact) mass is 421 g/mol. The van der Waals surface area contributed by atoms with Gasteiger partial charge in [-0.1, -0.05) is 25.1 Å². The van der Waals surface area contributed by atoms with Gasteiger partial charge >= 0.3 is 5.97 Å². The molecule has 4 aromatic rings. The summed E-state index contributed by atoms with van der Waals surface area (Å²) >= 11 is 1.60. The van der Waals surface area contributed by atoms with Crippen LogP contribution in [0, 0.1) is 5.92 Å². The highest BCUT2D eigenvalue weighted by atomic mass is 32.1. The summed E-state index contributed by atoms with van der Waals surface area (Å²) in [5.74, 6) is 0.675. The van der Waals surface area contributed by atoms with Crippen LogP contribution < -0.4 is 5.56 Å². The molecule has 5 rings (SSSR count). The van der Waals surface area contributed by atoms with Gasteiger partial charge in [0.15, 0.2) is 11.9 Å². The molecular weight excluding hydrogens is 398 g/mol. The summed E-state index contributed by atoms with van der Waals surface area (Å²) in [4.78, 5) is 38.0. The molecule has 1 aromatic carbocycles. The Bertz CT molecular complexity index is 1320. The molecule has 30 heavy (non-hydrogen) atoms. The van der Waals surface area contributed by atoms with Gasteiger partial charge in [0.2, 0.25) is 0 Å². The van der Waals surface area contributed by atoms with Crippen LogP contribution in [-0.4, -0.2) is 20.9 Å². The molecule has 0 saturated carbocycles. The van der Waals surface area contributed by atoms with Crippen LogP contribution in [0.4, 0.5) is 0 Å². The molecule has 0 unspecified atom stereocenters. The summed E-state index contributed by atoms with van der Waals surface area (Å²) < 4.78 is 5.60. The molecule has 6 nitrogen and oxygen atoms in total. The molecule has 3 aromatic heterocycles. The topological polar surface area (TPSA) is 87.8 Å². The molecule has 1 aliphatic rings. The van der Waals surface area contributed by atoms with E-state index in [9.17, 15) is 9.59 Å². The Kier molecular flexibility index (Phi) is 4.70. The number of H-pyrrole nitrogens is 2. The Morgan fingerprint density at radius 3 is 3.07 bits per heavy atom. The first kappa shape index (κ1) is 19.1. The molecule has 0 aliphatic heterocycles. The molecule has 2 atom stereocenters. The molecule has 0 saturated heterocycles. The van der Waals surface area contributed by atoms with Gasteiger partial charge < -0.3 is 14.7 Å². The molecule has 2 N–H and O–H groups in total. The average Bonchev–Trinajstić information content (AvgIpc) is 3.28. The quantitative estimate of drug-likeness (QED) is 0.477. The minimum Gasteiger partial charge on any atom is -0.454 e. The van der Waals surface area contributed by atoms with Crippen molar-refractivity contribution in [2.75, 3.05) is 0 Å². The number of aryl methyl sites for hydroxylation is 1. The van der Waals surface area contributed by atoms with Gasteiger partial charge in [-0.05, 0) is 49.3 Å². The molecule has 0 bridgehead atoms. The Hall–Kier alpha value is -2.93. The number of fused-ring (bicyclic) bond motifs is 4. The van der Waals surface area contributed by atoms with Crippen LogP contribution >= 0.6 is 11.3 Å². The third-order valence-electron chi connectivity index (χ3n) is 5.89. The van der Waals surface area contributed by atoms with Crippen molar-refractivity contribution < 1.29 is 9.53 Å². The highest BCUT2D eigenvalue weighted by molar-refractivity contribution is 7.18. The largest absolute Gasteiger partial charge is 0.454 e. The van der Waals surface area contributed by atoms with Crippen LogP contribution in [0.1, 0.15) is 48.2 Å². The number of ether oxygens (including phenoxy) is 1. The second-order valence-corrected chi connectivity index (χ2v) is 9.24. The number of carbonyl (C=O) groups is 1. The van der Waals surface area contributed by atoms with Crippen molar-refractivity contribution in [2.45, 2.75) is 45.6 Å². The Labute approximate surface area is 177 Å². The van der Waals surface area contributed by atoms with Crippen LogP contribution in [0.15, 0.2) is 35.3 Å². The van der Waals surface area contributed by atoms with E-state index >= 15 is 0 Å². The van der Waals surface area contributed by atoms with Crippen LogP contribution in [0.2, 0.25) is 0 Å². The number of aromatic nitrogens is 3. The molecule has 0 radical (unpaired) electrons. The van der Waals surface area contributed by atoms with Crippen LogP contribution in [0.25, 0.3) is 21.1 Å². The third kappa shape index (κ3) is 3.33. The summed E-state index contributed by atoms with van der Waals surface area (Å²) in [7, 11) is 0. The van der Waals surface area contributed by atoms with Crippen LogP contribution in [-0.2, 0) is 28.8 Å². The number of hydrogen-bond donors (Lipinski definition) is 2. The molecule has 7 heteroatoms. The normalized spacial score (nSPS) is 17.2. The van der Waals surface area contributed by atoms with Gasteiger partial charge in [0.1, 0.15) is 4.83 Å². The number of nitrogens with zero attached hydrogens (tertiary/aromatic N) is 1. The maximum Gasteiger partial charge on any atom is 0.311 e. The van der Waals surface area contributed by atoms with E-state index in [0.29, 0.717) is 17.1 Å². The molecule has 1 aliphatic carbocycles. The lowest BCUT2D eigenvalue weighted by molar-refractivity contribution is -0.148. The zero-order valence-electron chi connectivity index (χ0n) is 17.0. The molecule has 154 valence electrons. The van der Waals surface area contributed by atoms with Crippen molar-refractivity contribution in [2.24, 2.45) is 5.92 Å². The summed E-state index contributed by atoms with van der Waals surface area (Å²) in [5.41, 5.74) is 2.89. The average molecular weight is 422 g/mol. The first-order valence-electron chi connectivity index (χ1n) is 10.3. The van der Waals surface area contributed by atoms with Gasteiger partial charge in [-0.3, -0.25) is 9.59 Å². The fourth-order valence-corrected chi connectivity index (χ4v) is 5.68.